The lowest BCUT2D eigenvalue weighted by atomic mass is 10.2. The summed E-state index contributed by atoms with van der Waals surface area (Å²) in [4.78, 5) is 14.8. The summed E-state index contributed by atoms with van der Waals surface area (Å²) >= 11 is 5.81. The zero-order chi connectivity index (χ0) is 12.3. The zero-order valence-corrected chi connectivity index (χ0v) is 9.38. The largest absolute Gasteiger partial charge is 0.401 e. The highest BCUT2D eigenvalue weighted by Gasteiger charge is 2.11. The Labute approximate surface area is 97.6 Å². The van der Waals surface area contributed by atoms with Crippen molar-refractivity contribution in [3.8, 4) is 0 Å². The van der Waals surface area contributed by atoms with Crippen LogP contribution in [0.2, 0.25) is 0 Å². The van der Waals surface area contributed by atoms with E-state index in [1.807, 2.05) is 0 Å². The third-order valence-electron chi connectivity index (χ3n) is 1.82. The zero-order valence-electron chi connectivity index (χ0n) is 8.62. The molecule has 0 fully saturated rings. The number of primary amides is 1. The van der Waals surface area contributed by atoms with E-state index in [0.29, 0.717) is 5.70 Å². The lowest BCUT2D eigenvalue weighted by molar-refractivity contribution is 0.0995. The Hall–Kier alpha value is -1.88. The van der Waals surface area contributed by atoms with Crippen LogP contribution in [0, 0.1) is 5.41 Å². The third kappa shape index (κ3) is 2.58. The molecular formula is C10H11ClN4O. The van der Waals surface area contributed by atoms with Gasteiger partial charge in [-0.1, -0.05) is 17.7 Å². The van der Waals surface area contributed by atoms with Gasteiger partial charge in [0.1, 0.15) is 11.4 Å². The van der Waals surface area contributed by atoms with Crippen molar-refractivity contribution in [3.05, 3.63) is 40.3 Å². The van der Waals surface area contributed by atoms with Crippen LogP contribution in [-0.4, -0.2) is 16.6 Å². The van der Waals surface area contributed by atoms with Gasteiger partial charge in [-0.05, 0) is 19.1 Å². The van der Waals surface area contributed by atoms with E-state index in [1.54, 1.807) is 19.1 Å². The van der Waals surface area contributed by atoms with Crippen molar-refractivity contribution >= 4 is 23.2 Å². The minimum atomic E-state index is -0.653. The van der Waals surface area contributed by atoms with E-state index in [1.165, 1.54) is 6.07 Å². The average Bonchev–Trinajstić information content (AvgIpc) is 2.27. The van der Waals surface area contributed by atoms with E-state index in [-0.39, 0.29) is 22.1 Å². The first-order valence-electron chi connectivity index (χ1n) is 4.41. The Bertz CT molecular complexity index is 477. The van der Waals surface area contributed by atoms with Crippen LogP contribution < -0.4 is 11.5 Å². The number of nitrogens with two attached hydrogens (primary N) is 2. The number of carbonyl (C=O) groups is 1. The van der Waals surface area contributed by atoms with E-state index in [0.717, 1.165) is 0 Å². The van der Waals surface area contributed by atoms with Crippen LogP contribution in [0.1, 0.15) is 23.1 Å². The Morgan fingerprint density at radius 2 is 1.94 bits per heavy atom. The van der Waals surface area contributed by atoms with Crippen molar-refractivity contribution < 1.29 is 4.79 Å². The van der Waals surface area contributed by atoms with E-state index in [2.05, 4.69) is 4.98 Å². The number of hydrogen-bond acceptors (Lipinski definition) is 4. The first kappa shape index (κ1) is 12.2. The lowest BCUT2D eigenvalue weighted by Gasteiger charge is -2.04. The molecule has 0 unspecified atom stereocenters. The van der Waals surface area contributed by atoms with Gasteiger partial charge in [0.2, 0.25) is 0 Å². The highest BCUT2D eigenvalue weighted by molar-refractivity contribution is 6.45. The molecule has 1 amide bonds. The number of amides is 1. The Morgan fingerprint density at radius 1 is 1.38 bits per heavy atom. The number of nitrogens with one attached hydrogen (secondary N) is 1. The van der Waals surface area contributed by atoms with Crippen LogP contribution in [0.5, 0.6) is 0 Å². The predicted octanol–water partition coefficient (Wildman–Crippen LogP) is 0.977. The molecular weight excluding hydrogens is 228 g/mol. The lowest BCUT2D eigenvalue weighted by Crippen LogP contribution is -2.15. The van der Waals surface area contributed by atoms with Gasteiger partial charge in [0.05, 0.1) is 10.7 Å². The fraction of sp³-hybridized carbons (Fsp3) is 0.100. The summed E-state index contributed by atoms with van der Waals surface area (Å²) in [5.41, 5.74) is 11.2. The van der Waals surface area contributed by atoms with E-state index < -0.39 is 5.91 Å². The molecule has 0 saturated carbocycles. The summed E-state index contributed by atoms with van der Waals surface area (Å²) in [6, 6.07) is 4.60. The van der Waals surface area contributed by atoms with E-state index >= 15 is 0 Å². The molecule has 5 N–H and O–H groups in total. The predicted molar refractivity (Wildman–Crippen MR) is 62.3 cm³/mol. The van der Waals surface area contributed by atoms with Crippen molar-refractivity contribution in [3.63, 3.8) is 0 Å². The molecule has 0 aromatic carbocycles. The number of aromatic nitrogens is 1. The van der Waals surface area contributed by atoms with Gasteiger partial charge in [-0.2, -0.15) is 0 Å². The number of rotatable bonds is 3. The molecule has 0 bridgehead atoms. The molecule has 1 heterocycles. The minimum absolute atomic E-state index is 0.0373. The number of allylic oxidation sites excluding steroid dienone is 2. The van der Waals surface area contributed by atoms with Crippen molar-refractivity contribution in [2.45, 2.75) is 6.92 Å². The number of halogens is 1. The molecule has 0 aliphatic rings. The van der Waals surface area contributed by atoms with Crippen molar-refractivity contribution in [2.75, 3.05) is 0 Å². The maximum Gasteiger partial charge on any atom is 0.267 e. The molecule has 5 nitrogen and oxygen atoms in total. The second-order valence-electron chi connectivity index (χ2n) is 3.14. The van der Waals surface area contributed by atoms with Crippen molar-refractivity contribution in [1.29, 1.82) is 5.41 Å². The van der Waals surface area contributed by atoms with Gasteiger partial charge in [0, 0.05) is 5.70 Å². The molecule has 84 valence electrons. The molecule has 0 saturated heterocycles. The standard InChI is InChI=1S/C10H11ClN4O/c1-5(12)8(11)9(13)6-3-2-4-7(15-6)10(14)16/h2-4,13H,12H2,1H3,(H2,14,16)/b8-5+,13-9?. The Balaban J connectivity index is 3.16. The van der Waals surface area contributed by atoms with E-state index in [9.17, 15) is 4.79 Å². The van der Waals surface area contributed by atoms with Crippen molar-refractivity contribution in [2.24, 2.45) is 11.5 Å². The van der Waals surface area contributed by atoms with Gasteiger partial charge in [-0.25, -0.2) is 4.98 Å². The van der Waals surface area contributed by atoms with Crippen LogP contribution in [0.25, 0.3) is 0 Å². The quantitative estimate of drug-likeness (QED) is 0.684. The summed E-state index contributed by atoms with van der Waals surface area (Å²) in [5, 5.41) is 7.82. The summed E-state index contributed by atoms with van der Waals surface area (Å²) < 4.78 is 0. The summed E-state index contributed by atoms with van der Waals surface area (Å²) in [6.45, 7) is 1.58. The SMILES string of the molecule is C/C(N)=C(\Cl)C(=N)c1cccc(C(N)=O)n1. The Morgan fingerprint density at radius 3 is 2.44 bits per heavy atom. The normalized spacial score (nSPS) is 11.9. The first-order chi connectivity index (χ1) is 7.43. The molecule has 0 spiro atoms. The highest BCUT2D eigenvalue weighted by atomic mass is 35.5. The maximum absolute atomic E-state index is 10.9. The second-order valence-corrected chi connectivity index (χ2v) is 3.52. The minimum Gasteiger partial charge on any atom is -0.401 e. The molecule has 0 atom stereocenters. The van der Waals surface area contributed by atoms with E-state index in [4.69, 9.17) is 28.5 Å². The second kappa shape index (κ2) is 4.76. The smallest absolute Gasteiger partial charge is 0.267 e. The third-order valence-corrected chi connectivity index (χ3v) is 2.31. The summed E-state index contributed by atoms with van der Waals surface area (Å²) in [6.07, 6.45) is 0. The van der Waals surface area contributed by atoms with Crippen LogP contribution in [0.15, 0.2) is 28.9 Å². The molecule has 0 aliphatic carbocycles. The number of hydrogen-bond donors (Lipinski definition) is 3. The van der Waals surface area contributed by atoms with Gasteiger partial charge >= 0.3 is 0 Å². The Kier molecular flexibility index (Phi) is 3.63. The summed E-state index contributed by atoms with van der Waals surface area (Å²) in [5.74, 6) is -0.653. The molecule has 1 rings (SSSR count). The van der Waals surface area contributed by atoms with Gasteiger partial charge in [0.25, 0.3) is 5.91 Å². The van der Waals surface area contributed by atoms with Crippen LogP contribution in [-0.2, 0) is 0 Å². The highest BCUT2D eigenvalue weighted by Crippen LogP contribution is 2.12. The number of carbonyl (C=O) groups excluding carboxylic acids is 1. The molecule has 0 radical (unpaired) electrons. The van der Waals surface area contributed by atoms with Gasteiger partial charge in [-0.15, -0.1) is 0 Å². The fourth-order valence-electron chi connectivity index (χ4n) is 1.02. The molecule has 1 aromatic heterocycles. The summed E-state index contributed by atoms with van der Waals surface area (Å²) in [7, 11) is 0. The molecule has 0 aliphatic heterocycles. The van der Waals surface area contributed by atoms with Gasteiger partial charge < -0.3 is 11.5 Å². The van der Waals surface area contributed by atoms with Crippen LogP contribution in [0.3, 0.4) is 0 Å². The molecule has 16 heavy (non-hydrogen) atoms. The maximum atomic E-state index is 10.9. The number of nitrogens with zero attached hydrogens (tertiary/aromatic N) is 1. The fourth-order valence-corrected chi connectivity index (χ4v) is 1.12. The van der Waals surface area contributed by atoms with Gasteiger partial charge in [0.15, 0.2) is 0 Å². The topological polar surface area (TPSA) is 106 Å². The average molecular weight is 239 g/mol. The molecule has 1 aromatic rings. The van der Waals surface area contributed by atoms with Crippen LogP contribution in [0.4, 0.5) is 0 Å². The van der Waals surface area contributed by atoms with Gasteiger partial charge in [-0.3, -0.25) is 10.2 Å². The first-order valence-corrected chi connectivity index (χ1v) is 4.79. The van der Waals surface area contributed by atoms with Crippen LogP contribution >= 0.6 is 11.6 Å². The molecule has 6 heteroatoms. The van der Waals surface area contributed by atoms with Crippen molar-refractivity contribution in [1.82, 2.24) is 4.98 Å². The monoisotopic (exact) mass is 238 g/mol. The number of pyridine rings is 1.